The predicted molar refractivity (Wildman–Crippen MR) is 51.5 cm³/mol. The van der Waals surface area contributed by atoms with Crippen molar-refractivity contribution in [3.8, 4) is 0 Å². The Kier molecular flexibility index (Phi) is 2.11. The van der Waals surface area contributed by atoms with Crippen LogP contribution in [0.25, 0.3) is 0 Å². The molecule has 0 aliphatic carbocycles. The fourth-order valence-electron chi connectivity index (χ4n) is 2.75. The summed E-state index contributed by atoms with van der Waals surface area (Å²) in [6.45, 7) is 5.42. The van der Waals surface area contributed by atoms with Crippen LogP contribution in [0.1, 0.15) is 19.8 Å². The van der Waals surface area contributed by atoms with E-state index in [0.29, 0.717) is 6.42 Å². The highest BCUT2D eigenvalue weighted by atomic mass is 19.1. The summed E-state index contributed by atoms with van der Waals surface area (Å²) in [5, 5.41) is 3.33. The van der Waals surface area contributed by atoms with Crippen molar-refractivity contribution in [2.75, 3.05) is 33.2 Å². The Morgan fingerprint density at radius 3 is 2.69 bits per heavy atom. The molecule has 2 rings (SSSR count). The van der Waals surface area contributed by atoms with Crippen molar-refractivity contribution in [3.05, 3.63) is 0 Å². The second-order valence-corrected chi connectivity index (χ2v) is 4.89. The Labute approximate surface area is 79.5 Å². The van der Waals surface area contributed by atoms with E-state index < -0.39 is 5.67 Å². The predicted octanol–water partition coefficient (Wildman–Crippen LogP) is 1.03. The molecule has 0 radical (unpaired) electrons. The number of halogens is 1. The minimum Gasteiger partial charge on any atom is -0.316 e. The van der Waals surface area contributed by atoms with Crippen molar-refractivity contribution in [3.63, 3.8) is 0 Å². The van der Waals surface area contributed by atoms with Crippen LogP contribution < -0.4 is 5.32 Å². The standard InChI is InChI=1S/C10H19FN2/c1-9(11)3-5-12-7-10(9)4-6-13(2)8-10/h12H,3-8H2,1-2H3. The number of rotatable bonds is 0. The number of nitrogens with zero attached hydrogens (tertiary/aromatic N) is 1. The lowest BCUT2D eigenvalue weighted by Gasteiger charge is -2.44. The summed E-state index contributed by atoms with van der Waals surface area (Å²) in [5.41, 5.74) is -1.08. The maximum atomic E-state index is 14.3. The van der Waals surface area contributed by atoms with E-state index in [1.165, 1.54) is 0 Å². The maximum absolute atomic E-state index is 14.3. The van der Waals surface area contributed by atoms with Crippen LogP contribution >= 0.6 is 0 Å². The topological polar surface area (TPSA) is 15.3 Å². The SMILES string of the molecule is CN1CCC2(CNCCC2(C)F)C1. The van der Waals surface area contributed by atoms with Crippen LogP contribution in [0.3, 0.4) is 0 Å². The number of hydrogen-bond acceptors (Lipinski definition) is 2. The van der Waals surface area contributed by atoms with E-state index in [1.54, 1.807) is 6.92 Å². The fraction of sp³-hybridized carbons (Fsp3) is 1.00. The summed E-state index contributed by atoms with van der Waals surface area (Å²) in [6, 6.07) is 0. The van der Waals surface area contributed by atoms with Gasteiger partial charge in [0.2, 0.25) is 0 Å². The lowest BCUT2D eigenvalue weighted by molar-refractivity contribution is -0.0136. The van der Waals surface area contributed by atoms with Gasteiger partial charge in [-0.3, -0.25) is 0 Å². The van der Waals surface area contributed by atoms with Gasteiger partial charge in [-0.25, -0.2) is 4.39 Å². The van der Waals surface area contributed by atoms with Gasteiger partial charge in [0.15, 0.2) is 0 Å². The second-order valence-electron chi connectivity index (χ2n) is 4.89. The van der Waals surface area contributed by atoms with Gasteiger partial charge in [-0.05, 0) is 39.9 Å². The zero-order chi connectivity index (χ0) is 9.53. The number of alkyl halides is 1. The van der Waals surface area contributed by atoms with Crippen molar-refractivity contribution in [2.45, 2.75) is 25.4 Å². The van der Waals surface area contributed by atoms with Gasteiger partial charge < -0.3 is 10.2 Å². The highest BCUT2D eigenvalue weighted by Gasteiger charge is 2.53. The lowest BCUT2D eigenvalue weighted by atomic mass is 9.69. The maximum Gasteiger partial charge on any atom is 0.117 e. The van der Waals surface area contributed by atoms with E-state index in [0.717, 1.165) is 32.6 Å². The Balaban J connectivity index is 2.19. The van der Waals surface area contributed by atoms with Crippen LogP contribution in [0.4, 0.5) is 4.39 Å². The van der Waals surface area contributed by atoms with Crippen molar-refractivity contribution >= 4 is 0 Å². The van der Waals surface area contributed by atoms with Crippen LogP contribution in [-0.2, 0) is 0 Å². The second kappa shape index (κ2) is 2.92. The smallest absolute Gasteiger partial charge is 0.117 e. The third-order valence-electron chi connectivity index (χ3n) is 3.89. The zero-order valence-electron chi connectivity index (χ0n) is 8.57. The molecular weight excluding hydrogens is 167 g/mol. The number of hydrogen-bond donors (Lipinski definition) is 1. The molecule has 2 heterocycles. The van der Waals surface area contributed by atoms with Crippen molar-refractivity contribution < 1.29 is 4.39 Å². The van der Waals surface area contributed by atoms with Crippen molar-refractivity contribution in [1.82, 2.24) is 10.2 Å². The van der Waals surface area contributed by atoms with Crippen LogP contribution in [0, 0.1) is 5.41 Å². The highest BCUT2D eigenvalue weighted by molar-refractivity contribution is 5.05. The molecular formula is C10H19FN2. The quantitative estimate of drug-likeness (QED) is 0.608. The Bertz CT molecular complexity index is 201. The molecule has 1 N–H and O–H groups in total. The molecule has 76 valence electrons. The molecule has 2 nitrogen and oxygen atoms in total. The van der Waals surface area contributed by atoms with Gasteiger partial charge in [0.25, 0.3) is 0 Å². The Morgan fingerprint density at radius 1 is 1.38 bits per heavy atom. The molecule has 3 heteroatoms. The third-order valence-corrected chi connectivity index (χ3v) is 3.89. The molecule has 2 saturated heterocycles. The number of likely N-dealkylation sites (tertiary alicyclic amines) is 1. The first kappa shape index (κ1) is 9.41. The van der Waals surface area contributed by atoms with Crippen LogP contribution in [0.15, 0.2) is 0 Å². The molecule has 1 spiro atoms. The summed E-state index contributed by atoms with van der Waals surface area (Å²) >= 11 is 0. The minimum absolute atomic E-state index is 0.111. The van der Waals surface area contributed by atoms with Gasteiger partial charge in [-0.15, -0.1) is 0 Å². The Hall–Kier alpha value is -0.150. The van der Waals surface area contributed by atoms with Gasteiger partial charge in [0.1, 0.15) is 5.67 Å². The first-order chi connectivity index (χ1) is 6.06. The first-order valence-corrected chi connectivity index (χ1v) is 5.14. The highest BCUT2D eigenvalue weighted by Crippen LogP contribution is 2.45. The van der Waals surface area contributed by atoms with Crippen molar-refractivity contribution in [2.24, 2.45) is 5.41 Å². The minimum atomic E-state index is -0.969. The molecule has 0 saturated carbocycles. The molecule has 2 unspecified atom stereocenters. The van der Waals surface area contributed by atoms with E-state index >= 15 is 0 Å². The van der Waals surface area contributed by atoms with E-state index in [1.807, 2.05) is 0 Å². The molecule has 2 aliphatic heterocycles. The summed E-state index contributed by atoms with van der Waals surface area (Å²) in [4.78, 5) is 2.24. The lowest BCUT2D eigenvalue weighted by Crippen LogP contribution is -2.56. The van der Waals surface area contributed by atoms with Gasteiger partial charge in [0.05, 0.1) is 0 Å². The molecule has 13 heavy (non-hydrogen) atoms. The average molecular weight is 186 g/mol. The average Bonchev–Trinajstić information content (AvgIpc) is 2.41. The Morgan fingerprint density at radius 2 is 2.15 bits per heavy atom. The third kappa shape index (κ3) is 1.38. The van der Waals surface area contributed by atoms with Gasteiger partial charge in [-0.1, -0.05) is 0 Å². The largest absolute Gasteiger partial charge is 0.316 e. The van der Waals surface area contributed by atoms with Gasteiger partial charge in [0, 0.05) is 18.5 Å². The molecule has 0 aromatic rings. The van der Waals surface area contributed by atoms with E-state index in [9.17, 15) is 4.39 Å². The first-order valence-electron chi connectivity index (χ1n) is 5.14. The summed E-state index contributed by atoms with van der Waals surface area (Å²) in [6.07, 6.45) is 1.67. The van der Waals surface area contributed by atoms with Crippen LogP contribution in [0.5, 0.6) is 0 Å². The number of piperidine rings is 1. The normalized spacial score (nSPS) is 47.3. The monoisotopic (exact) mass is 186 g/mol. The number of nitrogens with one attached hydrogen (secondary N) is 1. The molecule has 2 fully saturated rings. The molecule has 2 aliphatic rings. The summed E-state index contributed by atoms with van der Waals surface area (Å²) < 4.78 is 14.3. The van der Waals surface area contributed by atoms with Gasteiger partial charge in [-0.2, -0.15) is 0 Å². The van der Waals surface area contributed by atoms with E-state index in [2.05, 4.69) is 17.3 Å². The molecule has 0 aromatic heterocycles. The summed E-state index contributed by atoms with van der Waals surface area (Å²) in [5.74, 6) is 0. The van der Waals surface area contributed by atoms with E-state index in [4.69, 9.17) is 0 Å². The van der Waals surface area contributed by atoms with Crippen molar-refractivity contribution in [1.29, 1.82) is 0 Å². The molecule has 0 bridgehead atoms. The fourth-order valence-corrected chi connectivity index (χ4v) is 2.75. The van der Waals surface area contributed by atoms with Crippen LogP contribution in [-0.4, -0.2) is 43.8 Å². The molecule has 0 amide bonds. The summed E-state index contributed by atoms with van der Waals surface area (Å²) in [7, 11) is 2.08. The van der Waals surface area contributed by atoms with E-state index in [-0.39, 0.29) is 5.41 Å². The van der Waals surface area contributed by atoms with Gasteiger partial charge >= 0.3 is 0 Å². The molecule has 0 aromatic carbocycles. The zero-order valence-corrected chi connectivity index (χ0v) is 8.57. The van der Waals surface area contributed by atoms with Crippen LogP contribution in [0.2, 0.25) is 0 Å². The molecule has 2 atom stereocenters.